The average molecular weight is 746 g/mol. The number of rotatable bonds is 3. The maximum absolute atomic E-state index is 16.0. The lowest BCUT2D eigenvalue weighted by Gasteiger charge is -2.25. The lowest BCUT2D eigenvalue weighted by Crippen LogP contribution is -2.34. The standard InChI is InChI=1S/C26H28F2N8O8P2S2/c27-17-21(43-45(38)47)16-8-40-46(39,48)44-22-15(7-37)41-26(18(22)28)36-12-34-20-14(30-10-32-24(20)36)6-4-2-1-3-5-13-19-23(31-9-29-13)35(11-33-19)25(17)42-16/h1-2,9-12,15-18,21-22,25-26,37H,3-8H2,(H-,38,39,47,48)/p+1/b2-1+/t15?,16?,17-,18-,21-,22-,25-,26?,46?/m1/s1. The molecule has 7 rings (SSSR count). The van der Waals surface area contributed by atoms with Gasteiger partial charge in [-0.2, -0.15) is 0 Å². The molecule has 7 heterocycles. The highest BCUT2D eigenvalue weighted by Crippen LogP contribution is 2.51. The van der Waals surface area contributed by atoms with Crippen LogP contribution in [0, 0.1) is 0 Å². The van der Waals surface area contributed by atoms with Crippen LogP contribution < -0.4 is 0 Å². The number of aliphatic hydroxyl groups excluding tert-OH is 1. The maximum atomic E-state index is 16.0. The Bertz CT molecular complexity index is 1910. The van der Waals surface area contributed by atoms with Gasteiger partial charge in [0.2, 0.25) is 0 Å². The number of aliphatic hydroxyl groups is 1. The van der Waals surface area contributed by atoms with E-state index in [1.54, 1.807) is 0 Å². The smallest absolute Gasteiger partial charge is 0.394 e. The molecule has 0 aromatic carbocycles. The number of thiol groups is 1. The summed E-state index contributed by atoms with van der Waals surface area (Å²) in [6.45, 7) is -5.58. The molecule has 0 amide bonds. The van der Waals surface area contributed by atoms with E-state index in [2.05, 4.69) is 42.2 Å². The number of imidazole rings is 2. The van der Waals surface area contributed by atoms with Gasteiger partial charge >= 0.3 is 13.9 Å². The van der Waals surface area contributed by atoms with Crippen molar-refractivity contribution in [3.63, 3.8) is 0 Å². The van der Waals surface area contributed by atoms with Crippen LogP contribution in [0.2, 0.25) is 0 Å². The first-order valence-corrected chi connectivity index (χ1v) is 19.7. The second-order valence-electron chi connectivity index (χ2n) is 11.2. The monoisotopic (exact) mass is 745 g/mol. The molecule has 0 radical (unpaired) electrons. The second kappa shape index (κ2) is 14.0. The molecule has 48 heavy (non-hydrogen) atoms. The number of aryl methyl sites for hydroxylation is 2. The summed E-state index contributed by atoms with van der Waals surface area (Å²) < 4.78 is 74.7. The molecule has 4 aromatic heterocycles. The third kappa shape index (κ3) is 6.56. The second-order valence-corrected chi connectivity index (χ2v) is 15.6. The van der Waals surface area contributed by atoms with E-state index in [1.165, 1.54) is 34.4 Å². The molecule has 2 saturated heterocycles. The van der Waals surface area contributed by atoms with Crippen LogP contribution in [0.3, 0.4) is 0 Å². The Labute approximate surface area is 282 Å². The lowest BCUT2D eigenvalue weighted by molar-refractivity contribution is -0.0506. The Balaban J connectivity index is 1.23. The molecular formula is C26H29F2N8O8P2S2+. The SMILES string of the molecule is O=[P+](S)O[C@@H]1C2COP(O)(=S)O[C@@H]3C(CO)OC([C@@H]3F)n3cnc4c(ncnc43)CC/C=C/CCc3ncnc4c3ncn4[C@H](O2)[C@@H]1F. The number of alkyl halides is 2. The summed E-state index contributed by atoms with van der Waals surface area (Å²) in [6, 6.07) is 0. The van der Waals surface area contributed by atoms with Crippen LogP contribution >= 0.6 is 26.2 Å². The fourth-order valence-corrected chi connectivity index (χ4v) is 8.26. The van der Waals surface area contributed by atoms with E-state index in [-0.39, 0.29) is 0 Å². The van der Waals surface area contributed by atoms with Gasteiger partial charge in [-0.15, -0.1) is 4.52 Å². The molecule has 2 fully saturated rings. The van der Waals surface area contributed by atoms with Crippen LogP contribution in [0.15, 0.2) is 37.5 Å². The minimum Gasteiger partial charge on any atom is -0.394 e. The third-order valence-corrected chi connectivity index (χ3v) is 10.5. The van der Waals surface area contributed by atoms with E-state index in [0.717, 1.165) is 0 Å². The van der Waals surface area contributed by atoms with E-state index in [9.17, 15) is 14.6 Å². The van der Waals surface area contributed by atoms with Crippen molar-refractivity contribution in [2.24, 2.45) is 0 Å². The van der Waals surface area contributed by atoms with Crippen LogP contribution in [0.4, 0.5) is 8.78 Å². The van der Waals surface area contributed by atoms with Crippen molar-refractivity contribution >= 4 is 60.3 Å². The summed E-state index contributed by atoms with van der Waals surface area (Å²) in [5, 5.41) is 10.0. The molecule has 22 heteroatoms. The molecule has 0 spiro atoms. The average Bonchev–Trinajstić information content (AvgIpc) is 3.82. The molecule has 2 N–H and O–H groups in total. The molecule has 3 aliphatic heterocycles. The van der Waals surface area contributed by atoms with Gasteiger partial charge in [0.05, 0.1) is 37.3 Å². The van der Waals surface area contributed by atoms with Crippen molar-refractivity contribution in [3.8, 4) is 0 Å². The molecule has 12 bridgehead atoms. The summed E-state index contributed by atoms with van der Waals surface area (Å²) in [5.41, 5.74) is 2.79. The largest absolute Gasteiger partial charge is 0.582 e. The lowest BCUT2D eigenvalue weighted by atomic mass is 10.1. The number of aromatic nitrogens is 8. The number of allylic oxidation sites excluding steroid dienone is 2. The van der Waals surface area contributed by atoms with Crippen molar-refractivity contribution in [2.45, 2.75) is 74.9 Å². The summed E-state index contributed by atoms with van der Waals surface area (Å²) in [5.74, 6) is 0. The van der Waals surface area contributed by atoms with Crippen LogP contribution in [0.1, 0.15) is 36.7 Å². The van der Waals surface area contributed by atoms with Crippen molar-refractivity contribution in [2.75, 3.05) is 13.2 Å². The number of nitrogens with zero attached hydrogens (tertiary/aromatic N) is 8. The quantitative estimate of drug-likeness (QED) is 0.157. The van der Waals surface area contributed by atoms with Gasteiger partial charge in [-0.1, -0.05) is 12.2 Å². The van der Waals surface area contributed by atoms with Gasteiger partial charge in [0, 0.05) is 0 Å². The molecule has 16 nitrogen and oxygen atoms in total. The molecule has 3 aliphatic rings. The molecule has 0 aliphatic carbocycles. The Morgan fingerprint density at radius 2 is 1.54 bits per heavy atom. The van der Waals surface area contributed by atoms with Gasteiger partial charge in [0.1, 0.15) is 54.2 Å². The first-order chi connectivity index (χ1) is 23.1. The Kier molecular flexibility index (Phi) is 9.94. The highest BCUT2D eigenvalue weighted by Gasteiger charge is 2.53. The zero-order valence-corrected chi connectivity index (χ0v) is 28.3. The molecule has 4 aromatic rings. The Morgan fingerprint density at radius 1 is 0.958 bits per heavy atom. The summed E-state index contributed by atoms with van der Waals surface area (Å²) in [7, 11) is -2.60. The molecule has 10 atom stereocenters. The minimum atomic E-state index is -4.30. The van der Waals surface area contributed by atoms with Crippen molar-refractivity contribution in [3.05, 3.63) is 48.8 Å². The van der Waals surface area contributed by atoms with E-state index in [1.807, 2.05) is 12.2 Å². The topological polar surface area (TPSA) is 191 Å². The van der Waals surface area contributed by atoms with Crippen LogP contribution in [0.5, 0.6) is 0 Å². The highest BCUT2D eigenvalue weighted by molar-refractivity contribution is 8.39. The van der Waals surface area contributed by atoms with E-state index < -0.39 is 76.4 Å². The summed E-state index contributed by atoms with van der Waals surface area (Å²) in [6.07, 6.45) is -0.458. The molecule has 5 unspecified atom stereocenters. The molecular weight excluding hydrogens is 716 g/mol. The number of fused-ring (bicyclic) bond motifs is 6. The van der Waals surface area contributed by atoms with Gasteiger partial charge in [0.15, 0.2) is 42.2 Å². The Hall–Kier alpha value is -2.48. The third-order valence-electron chi connectivity index (χ3n) is 8.26. The molecule has 256 valence electrons. The highest BCUT2D eigenvalue weighted by atomic mass is 32.7. The fraction of sp³-hybridized carbons (Fsp3) is 0.538. The first-order valence-electron chi connectivity index (χ1n) is 14.8. The van der Waals surface area contributed by atoms with Gasteiger partial charge < -0.3 is 24.0 Å². The first kappa shape index (κ1) is 34.0. The van der Waals surface area contributed by atoms with Crippen LogP contribution in [-0.2, 0) is 52.3 Å². The Morgan fingerprint density at radius 3 is 2.10 bits per heavy atom. The van der Waals surface area contributed by atoms with Crippen LogP contribution in [-0.4, -0.2) is 99.0 Å². The summed E-state index contributed by atoms with van der Waals surface area (Å²) in [4.78, 5) is 37.1. The minimum absolute atomic E-state index is 0.296. The fourth-order valence-electron chi connectivity index (χ4n) is 6.04. The normalized spacial score (nSPS) is 34.1. The van der Waals surface area contributed by atoms with Crippen molar-refractivity contribution < 1.29 is 46.4 Å². The zero-order valence-electron chi connectivity index (χ0n) is 24.8. The van der Waals surface area contributed by atoms with Crippen molar-refractivity contribution in [1.82, 2.24) is 39.0 Å². The van der Waals surface area contributed by atoms with E-state index in [4.69, 9.17) is 34.9 Å². The van der Waals surface area contributed by atoms with Gasteiger partial charge in [-0.3, -0.25) is 13.7 Å². The van der Waals surface area contributed by atoms with E-state index in [0.29, 0.717) is 59.4 Å². The van der Waals surface area contributed by atoms with Gasteiger partial charge in [-0.05, 0) is 42.1 Å². The van der Waals surface area contributed by atoms with Crippen molar-refractivity contribution in [1.29, 1.82) is 0 Å². The molecule has 0 saturated carbocycles. The van der Waals surface area contributed by atoms with Crippen LogP contribution in [0.25, 0.3) is 22.3 Å². The zero-order chi connectivity index (χ0) is 33.6. The van der Waals surface area contributed by atoms with Gasteiger partial charge in [-0.25, -0.2) is 38.7 Å². The van der Waals surface area contributed by atoms with Gasteiger partial charge in [0.25, 0.3) is 0 Å². The predicted octanol–water partition coefficient (Wildman–Crippen LogP) is 3.16. The number of ether oxygens (including phenoxy) is 2. The maximum Gasteiger partial charge on any atom is 0.582 e. The number of hydrogen-bond donors (Lipinski definition) is 3. The summed E-state index contributed by atoms with van der Waals surface area (Å²) >= 11 is 8.95. The predicted molar refractivity (Wildman–Crippen MR) is 170 cm³/mol. The number of halogens is 2. The number of hydrogen-bond acceptors (Lipinski definition) is 14. The van der Waals surface area contributed by atoms with E-state index >= 15 is 8.78 Å².